The first-order valence-corrected chi connectivity index (χ1v) is 12.6. The number of rotatable bonds is 4. The summed E-state index contributed by atoms with van der Waals surface area (Å²) in [6.07, 6.45) is 15.1. The summed E-state index contributed by atoms with van der Waals surface area (Å²) >= 11 is 0. The quantitative estimate of drug-likeness (QED) is 0.441. The van der Waals surface area contributed by atoms with Crippen LogP contribution in [0, 0.1) is 40.4 Å². The molecule has 2 saturated carbocycles. The zero-order valence-electron chi connectivity index (χ0n) is 19.9. The van der Waals surface area contributed by atoms with Gasteiger partial charge in [-0.25, -0.2) is 0 Å². The lowest BCUT2D eigenvalue weighted by Crippen LogP contribution is -2.47. The topological polar surface area (TPSA) is 17.1 Å². The van der Waals surface area contributed by atoms with Crippen LogP contribution in [-0.2, 0) is 4.79 Å². The first kappa shape index (κ1) is 21.4. The summed E-state index contributed by atoms with van der Waals surface area (Å²) < 4.78 is 0. The Morgan fingerprint density at radius 1 is 1.10 bits per heavy atom. The fraction of sp³-hybridized carbons (Fsp3) is 0.821. The second-order valence-electron chi connectivity index (χ2n) is 11.9. The summed E-state index contributed by atoms with van der Waals surface area (Å²) in [5.74, 6) is 3.97. The molecule has 1 nitrogen and oxygen atoms in total. The average molecular weight is 397 g/mol. The van der Waals surface area contributed by atoms with Crippen molar-refractivity contribution in [2.75, 3.05) is 0 Å². The second kappa shape index (κ2) is 7.69. The molecule has 0 N–H and O–H groups in total. The molecule has 2 fully saturated rings. The number of hydrogen-bond acceptors (Lipinski definition) is 1. The summed E-state index contributed by atoms with van der Waals surface area (Å²) in [4.78, 5) is 12.4. The summed E-state index contributed by atoms with van der Waals surface area (Å²) in [5.41, 5.74) is 5.99. The van der Waals surface area contributed by atoms with Gasteiger partial charge in [0.1, 0.15) is 5.78 Å². The molecule has 0 aromatic heterocycles. The molecular weight excluding hydrogens is 352 g/mol. The lowest BCUT2D eigenvalue weighted by Gasteiger charge is -2.55. The molecule has 0 amide bonds. The Hall–Kier alpha value is -0.850. The molecule has 0 heterocycles. The van der Waals surface area contributed by atoms with Gasteiger partial charge in [-0.2, -0.15) is 0 Å². The van der Waals surface area contributed by atoms with Crippen molar-refractivity contribution in [2.24, 2.45) is 40.4 Å². The van der Waals surface area contributed by atoms with Crippen LogP contribution in [0.2, 0.25) is 0 Å². The summed E-state index contributed by atoms with van der Waals surface area (Å²) in [6, 6.07) is 0. The van der Waals surface area contributed by atoms with E-state index in [9.17, 15) is 4.79 Å². The highest BCUT2D eigenvalue weighted by atomic mass is 16.1. The van der Waals surface area contributed by atoms with Crippen molar-refractivity contribution in [1.82, 2.24) is 0 Å². The molecule has 7 atom stereocenters. The largest absolute Gasteiger partial charge is 0.299 e. The van der Waals surface area contributed by atoms with Gasteiger partial charge in [0.15, 0.2) is 0 Å². The van der Waals surface area contributed by atoms with Gasteiger partial charge < -0.3 is 0 Å². The molecule has 4 aliphatic carbocycles. The van der Waals surface area contributed by atoms with Crippen molar-refractivity contribution in [3.8, 4) is 0 Å². The maximum Gasteiger partial charge on any atom is 0.136 e. The van der Waals surface area contributed by atoms with Crippen molar-refractivity contribution < 1.29 is 4.79 Å². The normalized spacial score (nSPS) is 42.8. The smallest absolute Gasteiger partial charge is 0.136 e. The summed E-state index contributed by atoms with van der Waals surface area (Å²) in [7, 11) is 0. The van der Waals surface area contributed by atoms with Gasteiger partial charge in [0.05, 0.1) is 0 Å². The zero-order chi connectivity index (χ0) is 21.0. The fourth-order valence-electron chi connectivity index (χ4n) is 8.54. The number of allylic oxidation sites excluding steroid dienone is 4. The Balaban J connectivity index is 1.57. The third-order valence-electron chi connectivity index (χ3n) is 10.2. The van der Waals surface area contributed by atoms with E-state index in [4.69, 9.17) is 0 Å². The number of hydrogen-bond donors (Lipinski definition) is 0. The Morgan fingerprint density at radius 2 is 1.86 bits per heavy atom. The van der Waals surface area contributed by atoms with E-state index in [0.29, 0.717) is 22.5 Å². The molecule has 0 saturated heterocycles. The molecule has 29 heavy (non-hydrogen) atoms. The van der Waals surface area contributed by atoms with E-state index in [1.165, 1.54) is 56.9 Å². The van der Waals surface area contributed by atoms with E-state index in [2.05, 4.69) is 47.6 Å². The number of fused-ring (bicyclic) bond motifs is 4. The molecule has 1 heteroatoms. The fourth-order valence-corrected chi connectivity index (χ4v) is 8.54. The highest BCUT2D eigenvalue weighted by Gasteiger charge is 2.56. The standard InChI is InChI=1S/C28H44O/c1-18(2)8-7-9-19(3)22-12-13-24-21-10-11-23-20(4)26(29)15-17-28(23,6)25(21)14-16-27(22,24)5/h8,19-20,22-24H,7,9-17H2,1-6H3/t19?,20?,22-,23+,24+,27-,28+/m1/s1. The monoisotopic (exact) mass is 396 g/mol. The van der Waals surface area contributed by atoms with Gasteiger partial charge in [-0.15, -0.1) is 0 Å². The van der Waals surface area contributed by atoms with Crippen LogP contribution in [0.4, 0.5) is 0 Å². The third-order valence-corrected chi connectivity index (χ3v) is 10.2. The molecule has 4 rings (SSSR count). The van der Waals surface area contributed by atoms with Crippen molar-refractivity contribution in [1.29, 1.82) is 0 Å². The minimum absolute atomic E-state index is 0.280. The number of ketones is 1. The number of Topliss-reactive ketones (excluding diaryl/α,β-unsaturated/α-hetero) is 1. The van der Waals surface area contributed by atoms with Crippen LogP contribution < -0.4 is 0 Å². The van der Waals surface area contributed by atoms with Crippen LogP contribution in [0.25, 0.3) is 0 Å². The molecule has 0 aromatic carbocycles. The van der Waals surface area contributed by atoms with E-state index >= 15 is 0 Å². The highest BCUT2D eigenvalue weighted by molar-refractivity contribution is 5.82. The predicted molar refractivity (Wildman–Crippen MR) is 123 cm³/mol. The molecule has 0 spiro atoms. The van der Waals surface area contributed by atoms with E-state index in [1.807, 2.05) is 11.1 Å². The molecule has 0 radical (unpaired) electrons. The highest BCUT2D eigenvalue weighted by Crippen LogP contribution is 2.66. The van der Waals surface area contributed by atoms with Gasteiger partial charge in [0.2, 0.25) is 0 Å². The Bertz CT molecular complexity index is 723. The van der Waals surface area contributed by atoms with Crippen LogP contribution in [0.5, 0.6) is 0 Å². The molecule has 0 aromatic rings. The van der Waals surface area contributed by atoms with Gasteiger partial charge in [-0.3, -0.25) is 4.79 Å². The van der Waals surface area contributed by atoms with Crippen molar-refractivity contribution in [2.45, 2.75) is 106 Å². The molecular formula is C28H44O. The third kappa shape index (κ3) is 3.39. The molecule has 2 unspecified atom stereocenters. The van der Waals surface area contributed by atoms with Crippen LogP contribution >= 0.6 is 0 Å². The van der Waals surface area contributed by atoms with Gasteiger partial charge in [0.25, 0.3) is 0 Å². The van der Waals surface area contributed by atoms with Crippen molar-refractivity contribution >= 4 is 5.78 Å². The molecule has 4 aliphatic rings. The summed E-state index contributed by atoms with van der Waals surface area (Å²) in [5, 5.41) is 0. The Labute approximate surface area is 179 Å². The Morgan fingerprint density at radius 3 is 2.59 bits per heavy atom. The van der Waals surface area contributed by atoms with Gasteiger partial charge in [0, 0.05) is 12.3 Å². The number of carbonyl (C=O) groups is 1. The van der Waals surface area contributed by atoms with Crippen molar-refractivity contribution in [3.63, 3.8) is 0 Å². The lowest BCUT2D eigenvalue weighted by molar-refractivity contribution is -0.130. The minimum Gasteiger partial charge on any atom is -0.299 e. The molecule has 0 aliphatic heterocycles. The first-order chi connectivity index (χ1) is 13.7. The van der Waals surface area contributed by atoms with E-state index in [0.717, 1.165) is 30.6 Å². The molecule has 0 bridgehead atoms. The number of carbonyl (C=O) groups excluding carboxylic acids is 1. The first-order valence-electron chi connectivity index (χ1n) is 12.6. The Kier molecular flexibility index (Phi) is 5.67. The second-order valence-corrected chi connectivity index (χ2v) is 11.9. The predicted octanol–water partition coefficient (Wildman–Crippen LogP) is 7.91. The van der Waals surface area contributed by atoms with Gasteiger partial charge in [-0.05, 0) is 106 Å². The van der Waals surface area contributed by atoms with Crippen molar-refractivity contribution in [3.05, 3.63) is 22.8 Å². The van der Waals surface area contributed by atoms with E-state index in [-0.39, 0.29) is 5.92 Å². The SMILES string of the molecule is CC(C)=CCCC(C)[C@H]1CC[C@H]2C3=C(CC[C@]12C)[C@@]1(C)CCC(=O)C(C)[C@@H]1CC3. The van der Waals surface area contributed by atoms with Crippen LogP contribution in [0.15, 0.2) is 22.8 Å². The average Bonchev–Trinajstić information content (AvgIpc) is 3.02. The van der Waals surface area contributed by atoms with Crippen LogP contribution in [0.1, 0.15) is 106 Å². The van der Waals surface area contributed by atoms with Crippen LogP contribution in [-0.4, -0.2) is 5.78 Å². The molecule has 162 valence electrons. The minimum atomic E-state index is 0.280. The summed E-state index contributed by atoms with van der Waals surface area (Å²) in [6.45, 7) is 14.4. The van der Waals surface area contributed by atoms with Crippen LogP contribution in [0.3, 0.4) is 0 Å². The zero-order valence-corrected chi connectivity index (χ0v) is 19.9. The maximum absolute atomic E-state index is 12.4. The van der Waals surface area contributed by atoms with E-state index < -0.39 is 0 Å². The maximum atomic E-state index is 12.4. The lowest BCUT2D eigenvalue weighted by atomic mass is 9.49. The van der Waals surface area contributed by atoms with E-state index in [1.54, 1.807) is 0 Å². The van der Waals surface area contributed by atoms with Gasteiger partial charge >= 0.3 is 0 Å². The van der Waals surface area contributed by atoms with Gasteiger partial charge in [-0.1, -0.05) is 50.5 Å².